The van der Waals surface area contributed by atoms with Crippen molar-refractivity contribution in [2.24, 2.45) is 0 Å². The van der Waals surface area contributed by atoms with E-state index in [0.29, 0.717) is 17.1 Å². The van der Waals surface area contributed by atoms with Gasteiger partial charge in [0.15, 0.2) is 0 Å². The SMILES string of the molecule is COc1cccc(OC(=O)c2ccc(F)cc2)c1. The molecule has 4 heteroatoms. The van der Waals surface area contributed by atoms with E-state index in [1.54, 1.807) is 24.3 Å². The van der Waals surface area contributed by atoms with Crippen LogP contribution in [0.3, 0.4) is 0 Å². The fraction of sp³-hybridized carbons (Fsp3) is 0.0714. The van der Waals surface area contributed by atoms with Crippen molar-refractivity contribution in [3.63, 3.8) is 0 Å². The Labute approximate surface area is 104 Å². The van der Waals surface area contributed by atoms with Crippen molar-refractivity contribution in [3.8, 4) is 11.5 Å². The number of halogens is 1. The second-order valence-electron chi connectivity index (χ2n) is 3.58. The van der Waals surface area contributed by atoms with Crippen LogP contribution in [0.4, 0.5) is 4.39 Å². The molecule has 18 heavy (non-hydrogen) atoms. The highest BCUT2D eigenvalue weighted by Crippen LogP contribution is 2.20. The first-order chi connectivity index (χ1) is 8.69. The van der Waals surface area contributed by atoms with Gasteiger partial charge in [-0.1, -0.05) is 6.07 Å². The van der Waals surface area contributed by atoms with Gasteiger partial charge in [-0.2, -0.15) is 0 Å². The highest BCUT2D eigenvalue weighted by atomic mass is 19.1. The summed E-state index contributed by atoms with van der Waals surface area (Å²) in [5.74, 6) is 0.0410. The molecule has 0 saturated heterocycles. The van der Waals surface area contributed by atoms with E-state index >= 15 is 0 Å². The third-order valence-corrected chi connectivity index (χ3v) is 2.33. The quantitative estimate of drug-likeness (QED) is 0.616. The van der Waals surface area contributed by atoms with Gasteiger partial charge in [-0.05, 0) is 36.4 Å². The van der Waals surface area contributed by atoms with Crippen LogP contribution in [0.1, 0.15) is 10.4 Å². The van der Waals surface area contributed by atoms with E-state index in [-0.39, 0.29) is 0 Å². The zero-order valence-corrected chi connectivity index (χ0v) is 9.72. The Bertz CT molecular complexity index is 549. The molecule has 0 amide bonds. The molecule has 3 nitrogen and oxygen atoms in total. The van der Waals surface area contributed by atoms with Gasteiger partial charge in [-0.25, -0.2) is 9.18 Å². The molecule has 0 aliphatic rings. The Morgan fingerprint density at radius 1 is 1.06 bits per heavy atom. The third-order valence-electron chi connectivity index (χ3n) is 2.33. The first-order valence-electron chi connectivity index (χ1n) is 5.31. The van der Waals surface area contributed by atoms with Crippen molar-refractivity contribution in [1.82, 2.24) is 0 Å². The molecule has 0 saturated carbocycles. The van der Waals surface area contributed by atoms with Crippen LogP contribution in [-0.4, -0.2) is 13.1 Å². The first-order valence-corrected chi connectivity index (χ1v) is 5.31. The van der Waals surface area contributed by atoms with Gasteiger partial charge in [-0.3, -0.25) is 0 Å². The molecule has 0 aliphatic heterocycles. The number of benzene rings is 2. The van der Waals surface area contributed by atoms with Crippen molar-refractivity contribution < 1.29 is 18.7 Å². The molecular formula is C14H11FO3. The van der Waals surface area contributed by atoms with Crippen LogP contribution in [0.25, 0.3) is 0 Å². The molecule has 2 aromatic rings. The Morgan fingerprint density at radius 2 is 1.72 bits per heavy atom. The number of esters is 1. The smallest absolute Gasteiger partial charge is 0.343 e. The summed E-state index contributed by atoms with van der Waals surface area (Å²) in [5, 5.41) is 0. The molecule has 2 rings (SSSR count). The number of carbonyl (C=O) groups excluding carboxylic acids is 1. The molecule has 0 aliphatic carbocycles. The maximum absolute atomic E-state index is 12.7. The third kappa shape index (κ3) is 2.85. The van der Waals surface area contributed by atoms with Gasteiger partial charge in [0.1, 0.15) is 17.3 Å². The van der Waals surface area contributed by atoms with E-state index in [9.17, 15) is 9.18 Å². The van der Waals surface area contributed by atoms with Crippen LogP contribution in [0, 0.1) is 5.82 Å². The highest BCUT2D eigenvalue weighted by molar-refractivity contribution is 5.91. The predicted octanol–water partition coefficient (Wildman–Crippen LogP) is 3.05. The van der Waals surface area contributed by atoms with Crippen molar-refractivity contribution in [1.29, 1.82) is 0 Å². The maximum Gasteiger partial charge on any atom is 0.343 e. The largest absolute Gasteiger partial charge is 0.497 e. The average Bonchev–Trinajstić information content (AvgIpc) is 2.39. The fourth-order valence-corrected chi connectivity index (χ4v) is 1.42. The molecule has 0 unspecified atom stereocenters. The summed E-state index contributed by atoms with van der Waals surface area (Å²) in [4.78, 5) is 11.7. The second kappa shape index (κ2) is 5.31. The van der Waals surface area contributed by atoms with E-state index in [1.807, 2.05) is 0 Å². The molecule has 0 aromatic heterocycles. The molecule has 0 spiro atoms. The average molecular weight is 246 g/mol. The summed E-state index contributed by atoms with van der Waals surface area (Å²) < 4.78 is 22.9. The van der Waals surface area contributed by atoms with Crippen LogP contribution >= 0.6 is 0 Å². The lowest BCUT2D eigenvalue weighted by molar-refractivity contribution is 0.0734. The van der Waals surface area contributed by atoms with Crippen LogP contribution in [0.15, 0.2) is 48.5 Å². The standard InChI is InChI=1S/C14H11FO3/c1-17-12-3-2-4-13(9-12)18-14(16)10-5-7-11(15)8-6-10/h2-9H,1H3. The lowest BCUT2D eigenvalue weighted by atomic mass is 10.2. The molecule has 0 heterocycles. The van der Waals surface area contributed by atoms with Crippen LogP contribution in [0.2, 0.25) is 0 Å². The summed E-state index contributed by atoms with van der Waals surface area (Å²) in [6, 6.07) is 11.9. The second-order valence-corrected chi connectivity index (χ2v) is 3.58. The zero-order valence-electron chi connectivity index (χ0n) is 9.72. The van der Waals surface area contributed by atoms with E-state index in [2.05, 4.69) is 0 Å². The topological polar surface area (TPSA) is 35.5 Å². The highest BCUT2D eigenvalue weighted by Gasteiger charge is 2.08. The normalized spacial score (nSPS) is 9.89. The van der Waals surface area contributed by atoms with Crippen molar-refractivity contribution in [3.05, 3.63) is 59.9 Å². The summed E-state index contributed by atoms with van der Waals surface area (Å²) in [6.45, 7) is 0. The van der Waals surface area contributed by atoms with Gasteiger partial charge < -0.3 is 9.47 Å². The summed E-state index contributed by atoms with van der Waals surface area (Å²) in [5.41, 5.74) is 0.291. The van der Waals surface area contributed by atoms with Gasteiger partial charge in [0, 0.05) is 6.07 Å². The minimum Gasteiger partial charge on any atom is -0.497 e. The summed E-state index contributed by atoms with van der Waals surface area (Å²) in [6.07, 6.45) is 0. The van der Waals surface area contributed by atoms with Gasteiger partial charge in [-0.15, -0.1) is 0 Å². The predicted molar refractivity (Wildman–Crippen MR) is 64.4 cm³/mol. The van der Waals surface area contributed by atoms with Crippen LogP contribution < -0.4 is 9.47 Å². The Kier molecular flexibility index (Phi) is 3.57. The number of carbonyl (C=O) groups is 1. The van der Waals surface area contributed by atoms with E-state index < -0.39 is 11.8 Å². The van der Waals surface area contributed by atoms with Crippen LogP contribution in [0.5, 0.6) is 11.5 Å². The number of rotatable bonds is 3. The molecule has 92 valence electrons. The monoisotopic (exact) mass is 246 g/mol. The molecule has 2 aromatic carbocycles. The molecule has 0 fully saturated rings. The first kappa shape index (κ1) is 12.1. The van der Waals surface area contributed by atoms with Crippen molar-refractivity contribution in [2.45, 2.75) is 0 Å². The Hall–Kier alpha value is -2.36. The Balaban J connectivity index is 2.13. The summed E-state index contributed by atoms with van der Waals surface area (Å²) in [7, 11) is 1.53. The van der Waals surface area contributed by atoms with Crippen molar-refractivity contribution >= 4 is 5.97 Å². The van der Waals surface area contributed by atoms with Gasteiger partial charge in [0.25, 0.3) is 0 Å². The van der Waals surface area contributed by atoms with Gasteiger partial charge in [0.05, 0.1) is 12.7 Å². The fourth-order valence-electron chi connectivity index (χ4n) is 1.42. The molecule has 0 N–H and O–H groups in total. The number of ether oxygens (including phenoxy) is 2. The van der Waals surface area contributed by atoms with E-state index in [0.717, 1.165) is 0 Å². The zero-order chi connectivity index (χ0) is 13.0. The number of methoxy groups -OCH3 is 1. The maximum atomic E-state index is 12.7. The molecule has 0 radical (unpaired) electrons. The van der Waals surface area contributed by atoms with Gasteiger partial charge in [0.2, 0.25) is 0 Å². The number of hydrogen-bond acceptors (Lipinski definition) is 3. The Morgan fingerprint density at radius 3 is 2.39 bits per heavy atom. The molecule has 0 atom stereocenters. The molecule has 0 bridgehead atoms. The molecular weight excluding hydrogens is 235 g/mol. The van der Waals surface area contributed by atoms with E-state index in [1.165, 1.54) is 31.4 Å². The van der Waals surface area contributed by atoms with Crippen LogP contribution in [-0.2, 0) is 0 Å². The van der Waals surface area contributed by atoms with Crippen molar-refractivity contribution in [2.75, 3.05) is 7.11 Å². The number of hydrogen-bond donors (Lipinski definition) is 0. The lowest BCUT2D eigenvalue weighted by Crippen LogP contribution is -2.08. The van der Waals surface area contributed by atoms with Gasteiger partial charge >= 0.3 is 5.97 Å². The minimum absolute atomic E-state index is 0.291. The lowest BCUT2D eigenvalue weighted by Gasteiger charge is -2.05. The summed E-state index contributed by atoms with van der Waals surface area (Å²) >= 11 is 0. The van der Waals surface area contributed by atoms with E-state index in [4.69, 9.17) is 9.47 Å². The minimum atomic E-state index is -0.539.